The topological polar surface area (TPSA) is 97.1 Å². The number of nitrogens with zero attached hydrogens (tertiary/aromatic N) is 3. The lowest BCUT2D eigenvalue weighted by Crippen LogP contribution is -2.21. The summed E-state index contributed by atoms with van der Waals surface area (Å²) in [5.74, 6) is -1.30. The molecule has 0 aliphatic heterocycles. The lowest BCUT2D eigenvalue weighted by molar-refractivity contribution is -0.114. The fraction of sp³-hybridized carbons (Fsp3) is 0.333. The molecule has 0 fully saturated rings. The molecule has 2 aromatic rings. The van der Waals surface area contributed by atoms with Gasteiger partial charge in [-0.1, -0.05) is 32.1 Å². The average Bonchev–Trinajstić information content (AvgIpc) is 2.82. The molecular weight excluding hydrogens is 284 g/mol. The molecule has 0 spiro atoms. The van der Waals surface area contributed by atoms with Crippen LogP contribution in [0.4, 0.5) is 5.69 Å². The zero-order chi connectivity index (χ0) is 16.5. The maximum atomic E-state index is 11.4. The highest BCUT2D eigenvalue weighted by atomic mass is 16.4. The molecule has 1 aromatic carbocycles. The summed E-state index contributed by atoms with van der Waals surface area (Å²) >= 11 is 0. The van der Waals surface area contributed by atoms with E-state index in [4.69, 9.17) is 0 Å². The monoisotopic (exact) mass is 302 g/mol. The Hall–Kier alpha value is -2.70. The van der Waals surface area contributed by atoms with Gasteiger partial charge in [0.05, 0.1) is 11.4 Å². The molecule has 0 aliphatic rings. The lowest BCUT2D eigenvalue weighted by Gasteiger charge is -2.20. The molecule has 0 bridgehead atoms. The van der Waals surface area contributed by atoms with Gasteiger partial charge in [-0.3, -0.25) is 4.79 Å². The van der Waals surface area contributed by atoms with E-state index in [9.17, 15) is 14.7 Å². The third-order valence-corrected chi connectivity index (χ3v) is 2.99. The van der Waals surface area contributed by atoms with Crippen LogP contribution in [-0.2, 0) is 10.2 Å². The largest absolute Gasteiger partial charge is 0.476 e. The summed E-state index contributed by atoms with van der Waals surface area (Å²) in [4.78, 5) is 22.5. The first-order valence-corrected chi connectivity index (χ1v) is 6.77. The minimum Gasteiger partial charge on any atom is -0.476 e. The van der Waals surface area contributed by atoms with Crippen LogP contribution in [0.1, 0.15) is 43.9 Å². The minimum absolute atomic E-state index is 0.0718. The first-order valence-electron chi connectivity index (χ1n) is 6.77. The lowest BCUT2D eigenvalue weighted by atomic mass is 9.90. The number of nitrogens with one attached hydrogen (secondary N) is 1. The first kappa shape index (κ1) is 15.7. The highest BCUT2D eigenvalue weighted by Gasteiger charge is 2.29. The Balaban J connectivity index is 2.58. The van der Waals surface area contributed by atoms with Gasteiger partial charge in [-0.05, 0) is 18.2 Å². The SMILES string of the molecule is CC(=O)Nc1cccc(-n2nnc(C(=O)O)c2C(C)(C)C)c1. The molecule has 1 aromatic heterocycles. The molecule has 22 heavy (non-hydrogen) atoms. The predicted molar refractivity (Wildman–Crippen MR) is 81.3 cm³/mol. The average molecular weight is 302 g/mol. The molecule has 0 unspecified atom stereocenters. The zero-order valence-corrected chi connectivity index (χ0v) is 12.9. The molecule has 1 heterocycles. The smallest absolute Gasteiger partial charge is 0.358 e. The van der Waals surface area contributed by atoms with E-state index in [0.29, 0.717) is 17.1 Å². The Morgan fingerprint density at radius 3 is 2.50 bits per heavy atom. The highest BCUT2D eigenvalue weighted by molar-refractivity contribution is 5.89. The second-order valence-electron chi connectivity index (χ2n) is 5.99. The molecule has 2 N–H and O–H groups in total. The molecule has 116 valence electrons. The number of carbonyl (C=O) groups is 2. The van der Waals surface area contributed by atoms with Crippen LogP contribution >= 0.6 is 0 Å². The van der Waals surface area contributed by atoms with Crippen molar-refractivity contribution in [2.45, 2.75) is 33.1 Å². The van der Waals surface area contributed by atoms with Gasteiger partial charge in [0.1, 0.15) is 0 Å². The summed E-state index contributed by atoms with van der Waals surface area (Å²) in [6.07, 6.45) is 0. The number of benzene rings is 1. The summed E-state index contributed by atoms with van der Waals surface area (Å²) < 4.78 is 1.49. The summed E-state index contributed by atoms with van der Waals surface area (Å²) in [5.41, 5.74) is 1.21. The van der Waals surface area contributed by atoms with Crippen LogP contribution in [0.2, 0.25) is 0 Å². The van der Waals surface area contributed by atoms with Crippen LogP contribution in [-0.4, -0.2) is 32.0 Å². The van der Waals surface area contributed by atoms with Crippen LogP contribution in [0.3, 0.4) is 0 Å². The first-order chi connectivity index (χ1) is 10.2. The molecule has 2 rings (SSSR count). The molecule has 0 saturated carbocycles. The van der Waals surface area contributed by atoms with Crippen molar-refractivity contribution < 1.29 is 14.7 Å². The van der Waals surface area contributed by atoms with Gasteiger partial charge in [0.25, 0.3) is 0 Å². The van der Waals surface area contributed by atoms with Crippen molar-refractivity contribution in [2.24, 2.45) is 0 Å². The zero-order valence-electron chi connectivity index (χ0n) is 12.9. The number of hydrogen-bond donors (Lipinski definition) is 2. The van der Waals surface area contributed by atoms with Crippen molar-refractivity contribution in [3.05, 3.63) is 35.7 Å². The number of carboxylic acids is 1. The van der Waals surface area contributed by atoms with Crippen molar-refractivity contribution in [1.29, 1.82) is 0 Å². The van der Waals surface area contributed by atoms with E-state index in [0.717, 1.165) is 0 Å². The molecule has 0 atom stereocenters. The van der Waals surface area contributed by atoms with Crippen molar-refractivity contribution >= 4 is 17.6 Å². The van der Waals surface area contributed by atoms with Gasteiger partial charge < -0.3 is 10.4 Å². The summed E-state index contributed by atoms with van der Waals surface area (Å²) in [7, 11) is 0. The van der Waals surface area contributed by atoms with Crippen molar-refractivity contribution in [3.63, 3.8) is 0 Å². The van der Waals surface area contributed by atoms with Gasteiger partial charge in [-0.2, -0.15) is 0 Å². The summed E-state index contributed by atoms with van der Waals surface area (Å²) in [6.45, 7) is 7.11. The van der Waals surface area contributed by atoms with Crippen LogP contribution < -0.4 is 5.32 Å². The number of carboxylic acid groups (broad SMARTS) is 1. The maximum Gasteiger partial charge on any atom is 0.358 e. The highest BCUT2D eigenvalue weighted by Crippen LogP contribution is 2.27. The number of amides is 1. The maximum absolute atomic E-state index is 11.4. The second kappa shape index (κ2) is 5.59. The number of hydrogen-bond acceptors (Lipinski definition) is 4. The van der Waals surface area contributed by atoms with E-state index in [1.807, 2.05) is 20.8 Å². The molecule has 0 saturated heterocycles. The van der Waals surface area contributed by atoms with Crippen LogP contribution in [0.15, 0.2) is 24.3 Å². The Morgan fingerprint density at radius 2 is 1.95 bits per heavy atom. The number of carbonyl (C=O) groups excluding carboxylic acids is 1. The number of aromatic nitrogens is 3. The fourth-order valence-electron chi connectivity index (χ4n) is 2.20. The predicted octanol–water partition coefficient (Wildman–Crippen LogP) is 2.22. The Labute approximate surface area is 128 Å². The van der Waals surface area contributed by atoms with Gasteiger partial charge in [0.2, 0.25) is 5.91 Å². The van der Waals surface area contributed by atoms with Crippen LogP contribution in [0, 0.1) is 0 Å². The van der Waals surface area contributed by atoms with Gasteiger partial charge >= 0.3 is 5.97 Å². The third kappa shape index (κ3) is 3.13. The normalized spacial score (nSPS) is 11.3. The van der Waals surface area contributed by atoms with Crippen molar-refractivity contribution in [2.75, 3.05) is 5.32 Å². The van der Waals surface area contributed by atoms with E-state index >= 15 is 0 Å². The van der Waals surface area contributed by atoms with E-state index < -0.39 is 11.4 Å². The Bertz CT molecular complexity index is 729. The molecule has 7 nitrogen and oxygen atoms in total. The van der Waals surface area contributed by atoms with Gasteiger partial charge in [-0.15, -0.1) is 5.10 Å². The third-order valence-electron chi connectivity index (χ3n) is 2.99. The van der Waals surface area contributed by atoms with Gasteiger partial charge in [0, 0.05) is 18.0 Å². The molecule has 0 radical (unpaired) electrons. The molecule has 7 heteroatoms. The number of rotatable bonds is 3. The summed E-state index contributed by atoms with van der Waals surface area (Å²) in [5, 5.41) is 19.7. The van der Waals surface area contributed by atoms with E-state index in [1.165, 1.54) is 11.6 Å². The van der Waals surface area contributed by atoms with Gasteiger partial charge in [-0.25, -0.2) is 9.48 Å². The van der Waals surface area contributed by atoms with Crippen LogP contribution in [0.25, 0.3) is 5.69 Å². The Morgan fingerprint density at radius 1 is 1.27 bits per heavy atom. The fourth-order valence-corrected chi connectivity index (χ4v) is 2.20. The standard InChI is InChI=1S/C15H18N4O3/c1-9(20)16-10-6-5-7-11(8-10)19-13(15(2,3)4)12(14(21)22)17-18-19/h5-8H,1-4H3,(H,16,20)(H,21,22). The van der Waals surface area contributed by atoms with Crippen molar-refractivity contribution in [1.82, 2.24) is 15.0 Å². The van der Waals surface area contributed by atoms with Crippen LogP contribution in [0.5, 0.6) is 0 Å². The van der Waals surface area contributed by atoms with E-state index in [1.54, 1.807) is 24.3 Å². The number of anilines is 1. The molecule has 0 aliphatic carbocycles. The molecule has 1 amide bonds. The summed E-state index contributed by atoms with van der Waals surface area (Å²) in [6, 6.07) is 7.00. The van der Waals surface area contributed by atoms with Gasteiger partial charge in [0.15, 0.2) is 5.69 Å². The quantitative estimate of drug-likeness (QED) is 0.906. The molecular formula is C15H18N4O3. The van der Waals surface area contributed by atoms with Crippen molar-refractivity contribution in [3.8, 4) is 5.69 Å². The number of aromatic carboxylic acids is 1. The second-order valence-corrected chi connectivity index (χ2v) is 5.99. The Kier molecular flexibility index (Phi) is 3.99. The van der Waals surface area contributed by atoms with E-state index in [2.05, 4.69) is 15.6 Å². The van der Waals surface area contributed by atoms with E-state index in [-0.39, 0.29) is 11.6 Å². The minimum atomic E-state index is -1.12.